The van der Waals surface area contributed by atoms with Gasteiger partial charge in [-0.1, -0.05) is 12.8 Å². The van der Waals surface area contributed by atoms with E-state index >= 15 is 0 Å². The van der Waals surface area contributed by atoms with Crippen molar-refractivity contribution >= 4 is 23.2 Å². The van der Waals surface area contributed by atoms with Crippen LogP contribution in [-0.2, 0) is 16.0 Å². The largest absolute Gasteiger partial charge is 0.480 e. The number of carboxylic acids is 1. The first-order valence-corrected chi connectivity index (χ1v) is 7.98. The van der Waals surface area contributed by atoms with Gasteiger partial charge < -0.3 is 14.8 Å². The van der Waals surface area contributed by atoms with Gasteiger partial charge in [-0.05, 0) is 18.9 Å². The molecule has 2 N–H and O–H groups in total. The number of aromatic nitrogens is 1. The van der Waals surface area contributed by atoms with E-state index < -0.39 is 11.5 Å². The zero-order valence-electron chi connectivity index (χ0n) is 11.9. The molecule has 2 aromatic heterocycles. The lowest BCUT2D eigenvalue weighted by molar-refractivity contribution is -0.147. The number of thiazole rings is 1. The van der Waals surface area contributed by atoms with Gasteiger partial charge >= 0.3 is 5.97 Å². The Balaban J connectivity index is 1.66. The van der Waals surface area contributed by atoms with Crippen molar-refractivity contribution in [1.29, 1.82) is 0 Å². The molecule has 2 aromatic rings. The molecule has 116 valence electrons. The van der Waals surface area contributed by atoms with E-state index in [0.29, 0.717) is 18.5 Å². The predicted molar refractivity (Wildman–Crippen MR) is 80.5 cm³/mol. The van der Waals surface area contributed by atoms with Gasteiger partial charge in [0.2, 0.25) is 5.91 Å². The van der Waals surface area contributed by atoms with Crippen LogP contribution in [0.15, 0.2) is 28.4 Å². The summed E-state index contributed by atoms with van der Waals surface area (Å²) in [4.78, 5) is 28.0. The highest BCUT2D eigenvalue weighted by atomic mass is 32.1. The molecule has 1 saturated carbocycles. The minimum absolute atomic E-state index is 0.0867. The fourth-order valence-corrected chi connectivity index (χ4v) is 3.56. The van der Waals surface area contributed by atoms with Gasteiger partial charge in [-0.2, -0.15) is 0 Å². The van der Waals surface area contributed by atoms with Gasteiger partial charge in [0, 0.05) is 10.9 Å². The Morgan fingerprint density at radius 2 is 2.18 bits per heavy atom. The molecule has 22 heavy (non-hydrogen) atoms. The number of carboxylic acid groups (broad SMARTS) is 1. The topological polar surface area (TPSA) is 92.4 Å². The zero-order valence-corrected chi connectivity index (χ0v) is 12.7. The first-order chi connectivity index (χ1) is 10.6. The van der Waals surface area contributed by atoms with E-state index in [9.17, 15) is 14.7 Å². The molecule has 0 saturated heterocycles. The molecule has 1 amide bonds. The van der Waals surface area contributed by atoms with Crippen molar-refractivity contribution in [3.8, 4) is 10.6 Å². The Kier molecular flexibility index (Phi) is 3.98. The second-order valence-electron chi connectivity index (χ2n) is 5.48. The smallest absolute Gasteiger partial charge is 0.329 e. The number of carbonyl (C=O) groups excluding carboxylic acids is 1. The summed E-state index contributed by atoms with van der Waals surface area (Å²) in [5.41, 5.74) is 0.409. The molecule has 0 atom stereocenters. The molecular weight excluding hydrogens is 304 g/mol. The molecule has 1 fully saturated rings. The Morgan fingerprint density at radius 1 is 1.41 bits per heavy atom. The number of rotatable bonds is 5. The quantitative estimate of drug-likeness (QED) is 0.883. The van der Waals surface area contributed by atoms with Crippen molar-refractivity contribution < 1.29 is 19.1 Å². The third kappa shape index (κ3) is 2.89. The summed E-state index contributed by atoms with van der Waals surface area (Å²) in [6.07, 6.45) is 5.89. The molecule has 0 spiro atoms. The van der Waals surface area contributed by atoms with Crippen molar-refractivity contribution in [2.45, 2.75) is 37.6 Å². The molecule has 0 bridgehead atoms. The predicted octanol–water partition coefficient (Wildman–Crippen LogP) is 2.46. The number of hydrogen-bond acceptors (Lipinski definition) is 5. The minimum atomic E-state index is -1.10. The summed E-state index contributed by atoms with van der Waals surface area (Å²) in [5, 5.41) is 14.7. The van der Waals surface area contributed by atoms with E-state index in [0.717, 1.165) is 23.4 Å². The van der Waals surface area contributed by atoms with Crippen molar-refractivity contribution in [3.63, 3.8) is 0 Å². The Bertz CT molecular complexity index is 672. The van der Waals surface area contributed by atoms with E-state index in [-0.39, 0.29) is 12.3 Å². The fourth-order valence-electron chi connectivity index (χ4n) is 2.75. The number of carbonyl (C=O) groups is 2. The molecule has 3 rings (SSSR count). The van der Waals surface area contributed by atoms with Gasteiger partial charge in [0.05, 0.1) is 18.4 Å². The van der Waals surface area contributed by atoms with Crippen LogP contribution < -0.4 is 5.32 Å². The molecule has 2 heterocycles. The zero-order chi connectivity index (χ0) is 15.6. The van der Waals surface area contributed by atoms with Crippen LogP contribution in [0, 0.1) is 0 Å². The van der Waals surface area contributed by atoms with Crippen molar-refractivity contribution in [2.75, 3.05) is 0 Å². The van der Waals surface area contributed by atoms with Crippen LogP contribution in [0.4, 0.5) is 0 Å². The molecule has 6 nitrogen and oxygen atoms in total. The van der Waals surface area contributed by atoms with Crippen LogP contribution in [0.1, 0.15) is 31.4 Å². The van der Waals surface area contributed by atoms with E-state index in [1.165, 1.54) is 11.3 Å². The molecule has 7 heteroatoms. The fraction of sp³-hybridized carbons (Fsp3) is 0.400. The van der Waals surface area contributed by atoms with Gasteiger partial charge in [0.25, 0.3) is 0 Å². The number of nitrogens with zero attached hydrogens (tertiary/aromatic N) is 1. The SMILES string of the molecule is O=C(Cc1csc(-c2ccoc2)n1)NC1(C(=O)O)CCCC1. The second-order valence-corrected chi connectivity index (χ2v) is 6.33. The first-order valence-electron chi connectivity index (χ1n) is 7.10. The number of nitrogens with one attached hydrogen (secondary N) is 1. The summed E-state index contributed by atoms with van der Waals surface area (Å²) >= 11 is 1.43. The molecule has 1 aliphatic rings. The summed E-state index contributed by atoms with van der Waals surface area (Å²) in [6.45, 7) is 0. The number of furan rings is 1. The summed E-state index contributed by atoms with van der Waals surface area (Å²) in [7, 11) is 0. The third-order valence-corrected chi connectivity index (χ3v) is 4.85. The highest BCUT2D eigenvalue weighted by Crippen LogP contribution is 2.30. The van der Waals surface area contributed by atoms with E-state index in [1.54, 1.807) is 18.6 Å². The van der Waals surface area contributed by atoms with Gasteiger partial charge in [0.1, 0.15) is 16.8 Å². The van der Waals surface area contributed by atoms with Gasteiger partial charge in [-0.25, -0.2) is 9.78 Å². The number of hydrogen-bond donors (Lipinski definition) is 2. The van der Waals surface area contributed by atoms with Gasteiger partial charge in [-0.15, -0.1) is 11.3 Å². The Hall–Kier alpha value is -2.15. The first kappa shape index (κ1) is 14.8. The average Bonchev–Trinajstić information content (AvgIpc) is 3.19. The molecule has 1 aliphatic carbocycles. The van der Waals surface area contributed by atoms with Crippen LogP contribution in [0.25, 0.3) is 10.6 Å². The van der Waals surface area contributed by atoms with Crippen LogP contribution in [0.2, 0.25) is 0 Å². The van der Waals surface area contributed by atoms with Crippen LogP contribution in [-0.4, -0.2) is 27.5 Å². The van der Waals surface area contributed by atoms with Crippen molar-refractivity contribution in [3.05, 3.63) is 29.7 Å². The van der Waals surface area contributed by atoms with E-state index in [4.69, 9.17) is 4.42 Å². The summed E-state index contributed by atoms with van der Waals surface area (Å²) in [5.74, 6) is -1.25. The van der Waals surface area contributed by atoms with Crippen LogP contribution in [0.5, 0.6) is 0 Å². The lowest BCUT2D eigenvalue weighted by atomic mass is 9.97. The lowest BCUT2D eigenvalue weighted by Crippen LogP contribution is -2.52. The standard InChI is InChI=1S/C15H16N2O4S/c18-12(17-15(14(19)20)4-1-2-5-15)7-11-9-22-13(16-11)10-3-6-21-8-10/h3,6,8-9H,1-2,4-5,7H2,(H,17,18)(H,19,20). The molecule has 0 unspecified atom stereocenters. The maximum absolute atomic E-state index is 12.1. The monoisotopic (exact) mass is 320 g/mol. The van der Waals surface area contributed by atoms with Gasteiger partial charge in [0.15, 0.2) is 0 Å². The lowest BCUT2D eigenvalue weighted by Gasteiger charge is -2.25. The van der Waals surface area contributed by atoms with E-state index in [1.807, 2.05) is 5.38 Å². The Morgan fingerprint density at radius 3 is 2.82 bits per heavy atom. The summed E-state index contributed by atoms with van der Waals surface area (Å²) in [6, 6.07) is 1.81. The molecular formula is C15H16N2O4S. The number of aliphatic carboxylic acids is 1. The third-order valence-electron chi connectivity index (χ3n) is 3.91. The van der Waals surface area contributed by atoms with E-state index in [2.05, 4.69) is 10.3 Å². The average molecular weight is 320 g/mol. The Labute approximate surface area is 131 Å². The minimum Gasteiger partial charge on any atom is -0.480 e. The maximum Gasteiger partial charge on any atom is 0.329 e. The van der Waals surface area contributed by atoms with Gasteiger partial charge in [-0.3, -0.25) is 4.79 Å². The highest BCUT2D eigenvalue weighted by molar-refractivity contribution is 7.13. The second kappa shape index (κ2) is 5.92. The molecule has 0 aromatic carbocycles. The molecule has 0 aliphatic heterocycles. The van der Waals surface area contributed by atoms with Crippen LogP contribution >= 0.6 is 11.3 Å². The summed E-state index contributed by atoms with van der Waals surface area (Å²) < 4.78 is 5.01. The highest BCUT2D eigenvalue weighted by Gasteiger charge is 2.42. The van der Waals surface area contributed by atoms with Crippen molar-refractivity contribution in [2.24, 2.45) is 0 Å². The van der Waals surface area contributed by atoms with Crippen molar-refractivity contribution in [1.82, 2.24) is 10.3 Å². The maximum atomic E-state index is 12.1. The normalized spacial score (nSPS) is 16.5. The number of amides is 1. The molecule has 0 radical (unpaired) electrons. The van der Waals surface area contributed by atoms with Crippen LogP contribution in [0.3, 0.4) is 0 Å².